The van der Waals surface area contributed by atoms with Gasteiger partial charge < -0.3 is 10.1 Å². The first-order chi connectivity index (χ1) is 8.19. The van der Waals surface area contributed by atoms with Gasteiger partial charge in [-0.25, -0.2) is 4.39 Å². The molecule has 0 aromatic heterocycles. The highest BCUT2D eigenvalue weighted by atomic mass is 35.5. The molecule has 0 radical (unpaired) electrons. The first-order valence-corrected chi connectivity index (χ1v) is 6.32. The Bertz CT molecular complexity index is 393. The van der Waals surface area contributed by atoms with Gasteiger partial charge in [-0.1, -0.05) is 6.07 Å². The van der Waals surface area contributed by atoms with Crippen LogP contribution in [0.1, 0.15) is 18.4 Å². The number of ether oxygens (including phenoxy) is 1. The van der Waals surface area contributed by atoms with Crippen LogP contribution in [-0.4, -0.2) is 19.5 Å². The quantitative estimate of drug-likeness (QED) is 0.792. The van der Waals surface area contributed by atoms with E-state index >= 15 is 0 Å². The fourth-order valence-corrected chi connectivity index (χ4v) is 2.16. The number of alkyl halides is 1. The third-order valence-electron chi connectivity index (χ3n) is 3.32. The second kappa shape index (κ2) is 5.23. The van der Waals surface area contributed by atoms with E-state index in [1.54, 1.807) is 12.1 Å². The van der Waals surface area contributed by atoms with Crippen LogP contribution >= 0.6 is 11.6 Å². The molecule has 17 heavy (non-hydrogen) atoms. The van der Waals surface area contributed by atoms with Crippen molar-refractivity contribution in [1.82, 2.24) is 5.32 Å². The number of hydrogen-bond acceptors (Lipinski definition) is 2. The predicted octanol–water partition coefficient (Wildman–Crippen LogP) is 2.94. The molecule has 0 spiro atoms. The fourth-order valence-electron chi connectivity index (χ4n) is 1.80. The van der Waals surface area contributed by atoms with Gasteiger partial charge in [0.05, 0.1) is 7.11 Å². The third-order valence-corrected chi connectivity index (χ3v) is 3.88. The van der Waals surface area contributed by atoms with E-state index in [4.69, 9.17) is 16.3 Å². The molecule has 4 heteroatoms. The minimum Gasteiger partial charge on any atom is -0.497 e. The van der Waals surface area contributed by atoms with Crippen LogP contribution in [0, 0.1) is 11.2 Å². The van der Waals surface area contributed by atoms with Gasteiger partial charge in [-0.05, 0) is 24.3 Å². The Morgan fingerprint density at radius 3 is 2.76 bits per heavy atom. The summed E-state index contributed by atoms with van der Waals surface area (Å²) in [5, 5.41) is 3.27. The van der Waals surface area contributed by atoms with E-state index in [0.29, 0.717) is 23.7 Å². The molecular weight excluding hydrogens is 241 g/mol. The SMILES string of the molecule is COc1ccc(CNCC2(CCl)CC2)c(F)c1. The highest BCUT2D eigenvalue weighted by Gasteiger charge is 2.41. The van der Waals surface area contributed by atoms with Gasteiger partial charge in [0, 0.05) is 30.6 Å². The maximum absolute atomic E-state index is 13.6. The van der Waals surface area contributed by atoms with Crippen LogP contribution in [0.5, 0.6) is 5.75 Å². The molecule has 1 fully saturated rings. The van der Waals surface area contributed by atoms with E-state index in [0.717, 1.165) is 6.54 Å². The molecule has 1 N–H and O–H groups in total. The fraction of sp³-hybridized carbons (Fsp3) is 0.538. The number of halogens is 2. The number of benzene rings is 1. The summed E-state index contributed by atoms with van der Waals surface area (Å²) < 4.78 is 18.6. The van der Waals surface area contributed by atoms with Crippen molar-refractivity contribution < 1.29 is 9.13 Å². The lowest BCUT2D eigenvalue weighted by Gasteiger charge is -2.13. The van der Waals surface area contributed by atoms with Crippen LogP contribution in [0.15, 0.2) is 18.2 Å². The molecule has 0 aliphatic heterocycles. The third kappa shape index (κ3) is 3.11. The zero-order valence-corrected chi connectivity index (χ0v) is 10.7. The summed E-state index contributed by atoms with van der Waals surface area (Å²) in [6, 6.07) is 4.93. The molecule has 2 rings (SSSR count). The predicted molar refractivity (Wildman–Crippen MR) is 67.0 cm³/mol. The van der Waals surface area contributed by atoms with Crippen LogP contribution in [-0.2, 0) is 6.54 Å². The van der Waals surface area contributed by atoms with Crippen LogP contribution < -0.4 is 10.1 Å². The summed E-state index contributed by atoms with van der Waals surface area (Å²) in [6.45, 7) is 1.40. The standard InChI is InChI=1S/C13H17ClFNO/c1-17-11-3-2-10(12(15)6-11)7-16-9-13(8-14)4-5-13/h2-3,6,16H,4-5,7-9H2,1H3. The molecule has 0 unspecified atom stereocenters. The summed E-state index contributed by atoms with van der Waals surface area (Å²) in [5.74, 6) is 1.00. The average molecular weight is 258 g/mol. The molecule has 1 saturated carbocycles. The summed E-state index contributed by atoms with van der Waals surface area (Å²) in [4.78, 5) is 0. The van der Waals surface area contributed by atoms with E-state index in [2.05, 4.69) is 5.32 Å². The molecule has 2 nitrogen and oxygen atoms in total. The summed E-state index contributed by atoms with van der Waals surface area (Å²) >= 11 is 5.88. The molecule has 0 atom stereocenters. The van der Waals surface area contributed by atoms with Gasteiger partial charge in [0.15, 0.2) is 0 Å². The maximum atomic E-state index is 13.6. The normalized spacial score (nSPS) is 16.9. The van der Waals surface area contributed by atoms with E-state index in [1.807, 2.05) is 0 Å². The minimum atomic E-state index is -0.229. The summed E-state index contributed by atoms with van der Waals surface area (Å²) in [6.07, 6.45) is 2.35. The molecule has 0 heterocycles. The van der Waals surface area contributed by atoms with Crippen molar-refractivity contribution >= 4 is 11.6 Å². The summed E-state index contributed by atoms with van der Waals surface area (Å²) in [5.41, 5.74) is 0.931. The molecule has 1 aromatic carbocycles. The van der Waals surface area contributed by atoms with Crippen molar-refractivity contribution in [3.63, 3.8) is 0 Å². The first kappa shape index (κ1) is 12.7. The number of nitrogens with one attached hydrogen (secondary N) is 1. The van der Waals surface area contributed by atoms with Crippen molar-refractivity contribution in [2.75, 3.05) is 19.5 Å². The van der Waals surface area contributed by atoms with Crippen LogP contribution in [0.4, 0.5) is 4.39 Å². The van der Waals surface area contributed by atoms with Crippen LogP contribution in [0.25, 0.3) is 0 Å². The van der Waals surface area contributed by atoms with Gasteiger partial charge >= 0.3 is 0 Å². The lowest BCUT2D eigenvalue weighted by atomic mass is 10.1. The highest BCUT2D eigenvalue weighted by molar-refractivity contribution is 6.18. The Labute approximate surface area is 106 Å². The van der Waals surface area contributed by atoms with Gasteiger partial charge in [-0.3, -0.25) is 0 Å². The Kier molecular flexibility index (Phi) is 3.89. The smallest absolute Gasteiger partial charge is 0.131 e. The monoisotopic (exact) mass is 257 g/mol. The molecule has 1 aromatic rings. The second-order valence-corrected chi connectivity index (χ2v) is 4.96. The Morgan fingerprint density at radius 2 is 2.24 bits per heavy atom. The second-order valence-electron chi connectivity index (χ2n) is 4.69. The zero-order valence-electron chi connectivity index (χ0n) is 9.93. The largest absolute Gasteiger partial charge is 0.497 e. The van der Waals surface area contributed by atoms with Gasteiger partial charge in [0.2, 0.25) is 0 Å². The first-order valence-electron chi connectivity index (χ1n) is 5.78. The van der Waals surface area contributed by atoms with E-state index < -0.39 is 0 Å². The Morgan fingerprint density at radius 1 is 1.47 bits per heavy atom. The van der Waals surface area contributed by atoms with Gasteiger partial charge in [0.1, 0.15) is 11.6 Å². The van der Waals surface area contributed by atoms with E-state index in [1.165, 1.54) is 26.0 Å². The number of methoxy groups -OCH3 is 1. The average Bonchev–Trinajstić information content (AvgIpc) is 3.12. The molecule has 0 bridgehead atoms. The number of rotatable bonds is 6. The molecular formula is C13H17ClFNO. The van der Waals surface area contributed by atoms with Crippen molar-refractivity contribution in [3.05, 3.63) is 29.6 Å². The van der Waals surface area contributed by atoms with Crippen molar-refractivity contribution in [2.24, 2.45) is 5.41 Å². The highest BCUT2D eigenvalue weighted by Crippen LogP contribution is 2.45. The lowest BCUT2D eigenvalue weighted by molar-refractivity contribution is 0.410. The minimum absolute atomic E-state index is 0.229. The lowest BCUT2D eigenvalue weighted by Crippen LogP contribution is -2.25. The molecule has 1 aliphatic rings. The van der Waals surface area contributed by atoms with Crippen molar-refractivity contribution in [2.45, 2.75) is 19.4 Å². The van der Waals surface area contributed by atoms with Gasteiger partial charge in [-0.2, -0.15) is 0 Å². The van der Waals surface area contributed by atoms with Crippen LogP contribution in [0.2, 0.25) is 0 Å². The maximum Gasteiger partial charge on any atom is 0.131 e. The van der Waals surface area contributed by atoms with Crippen LogP contribution in [0.3, 0.4) is 0 Å². The molecule has 0 saturated heterocycles. The van der Waals surface area contributed by atoms with Gasteiger partial charge in [0.25, 0.3) is 0 Å². The Balaban J connectivity index is 1.86. The zero-order chi connectivity index (χ0) is 12.3. The van der Waals surface area contributed by atoms with Crippen molar-refractivity contribution in [1.29, 1.82) is 0 Å². The molecule has 94 valence electrons. The topological polar surface area (TPSA) is 21.3 Å². The van der Waals surface area contributed by atoms with E-state index in [-0.39, 0.29) is 11.2 Å². The Hall–Kier alpha value is -0.800. The van der Waals surface area contributed by atoms with Crippen molar-refractivity contribution in [3.8, 4) is 5.75 Å². The molecule has 1 aliphatic carbocycles. The number of hydrogen-bond donors (Lipinski definition) is 1. The summed E-state index contributed by atoms with van der Waals surface area (Å²) in [7, 11) is 1.53. The van der Waals surface area contributed by atoms with E-state index in [9.17, 15) is 4.39 Å². The molecule has 0 amide bonds. The van der Waals surface area contributed by atoms with Gasteiger partial charge in [-0.15, -0.1) is 11.6 Å².